The largest absolute Gasteiger partial charge is 0.493 e. The van der Waals surface area contributed by atoms with Crippen molar-refractivity contribution in [1.82, 2.24) is 9.80 Å². The molecule has 0 aliphatic heterocycles. The van der Waals surface area contributed by atoms with Crippen LogP contribution in [0.25, 0.3) is 0 Å². The maximum Gasteiger partial charge on any atom is 0.416 e. The molecule has 1 heterocycles. The first-order valence-electron chi connectivity index (χ1n) is 12.3. The van der Waals surface area contributed by atoms with Gasteiger partial charge in [-0.25, -0.2) is 4.79 Å². The van der Waals surface area contributed by atoms with Crippen molar-refractivity contribution < 1.29 is 36.7 Å². The quantitative estimate of drug-likeness (QED) is 0.327. The summed E-state index contributed by atoms with van der Waals surface area (Å²) < 4.78 is 54.7. The monoisotopic (exact) mass is 547 g/mol. The Kier molecular flexibility index (Phi) is 9.86. The van der Waals surface area contributed by atoms with Gasteiger partial charge in [0.25, 0.3) is 0 Å². The van der Waals surface area contributed by atoms with E-state index in [0.717, 1.165) is 17.7 Å². The minimum absolute atomic E-state index is 0.187. The summed E-state index contributed by atoms with van der Waals surface area (Å²) in [5.74, 6) is 1.44. The van der Waals surface area contributed by atoms with Gasteiger partial charge in [-0.05, 0) is 74.4 Å². The van der Waals surface area contributed by atoms with Crippen molar-refractivity contribution in [3.8, 4) is 11.5 Å². The highest BCUT2D eigenvalue weighted by Gasteiger charge is 2.30. The third-order valence-electron chi connectivity index (χ3n) is 6.05. The maximum atomic E-state index is 13.4. The number of halogens is 3. The zero-order valence-corrected chi connectivity index (χ0v) is 22.2. The van der Waals surface area contributed by atoms with Crippen LogP contribution >= 0.6 is 0 Å². The van der Waals surface area contributed by atoms with Crippen LogP contribution in [0.5, 0.6) is 11.5 Å². The van der Waals surface area contributed by atoms with E-state index in [1.165, 1.54) is 23.3 Å². The first-order valence-corrected chi connectivity index (χ1v) is 12.3. The molecule has 0 atom stereocenters. The lowest BCUT2D eigenvalue weighted by Crippen LogP contribution is -2.47. The molecule has 11 heteroatoms. The molecule has 0 spiro atoms. The number of anilines is 1. The molecule has 0 saturated carbocycles. The molecule has 39 heavy (non-hydrogen) atoms. The molecule has 0 radical (unpaired) electrons. The number of alkyl halides is 3. The minimum Gasteiger partial charge on any atom is -0.493 e. The summed E-state index contributed by atoms with van der Waals surface area (Å²) >= 11 is 0. The number of ether oxygens (including phenoxy) is 2. The molecule has 0 aliphatic rings. The van der Waals surface area contributed by atoms with Crippen molar-refractivity contribution in [2.75, 3.05) is 32.6 Å². The van der Waals surface area contributed by atoms with E-state index in [2.05, 4.69) is 5.32 Å². The Balaban J connectivity index is 1.72. The number of carbonyl (C=O) groups excluding carboxylic acids is 2. The number of furan rings is 1. The van der Waals surface area contributed by atoms with Crippen molar-refractivity contribution >= 4 is 17.6 Å². The SMILES string of the molecule is COc1ccc(CCN(Cc2ccco2)C(=O)CN(C(=O)Nc2ccc(C(F)(F)F)cc2)C(C)C)cc1OC. The van der Waals surface area contributed by atoms with Crippen molar-refractivity contribution in [3.05, 3.63) is 77.7 Å². The van der Waals surface area contributed by atoms with Crippen LogP contribution in [0.1, 0.15) is 30.7 Å². The molecule has 3 rings (SSSR count). The molecule has 0 fully saturated rings. The Hall–Kier alpha value is -4.15. The molecular weight excluding hydrogens is 515 g/mol. The Labute approximate surface area is 225 Å². The van der Waals surface area contributed by atoms with Gasteiger partial charge < -0.3 is 29.0 Å². The molecule has 1 N–H and O–H groups in total. The van der Waals surface area contributed by atoms with Crippen molar-refractivity contribution in [1.29, 1.82) is 0 Å². The van der Waals surface area contributed by atoms with E-state index in [9.17, 15) is 22.8 Å². The van der Waals surface area contributed by atoms with E-state index < -0.39 is 17.8 Å². The van der Waals surface area contributed by atoms with Gasteiger partial charge in [0, 0.05) is 18.3 Å². The highest BCUT2D eigenvalue weighted by Crippen LogP contribution is 2.30. The summed E-state index contributed by atoms with van der Waals surface area (Å²) in [4.78, 5) is 29.4. The van der Waals surface area contributed by atoms with Gasteiger partial charge in [0.1, 0.15) is 12.3 Å². The third kappa shape index (κ3) is 8.17. The molecule has 1 aromatic heterocycles. The molecule has 3 amide bonds. The van der Waals surface area contributed by atoms with Crippen LogP contribution in [0, 0.1) is 0 Å². The van der Waals surface area contributed by atoms with Crippen LogP contribution in [0.2, 0.25) is 0 Å². The van der Waals surface area contributed by atoms with E-state index >= 15 is 0 Å². The number of urea groups is 1. The van der Waals surface area contributed by atoms with E-state index in [1.54, 1.807) is 51.2 Å². The lowest BCUT2D eigenvalue weighted by atomic mass is 10.1. The lowest BCUT2D eigenvalue weighted by Gasteiger charge is -2.30. The van der Waals surface area contributed by atoms with Gasteiger partial charge in [0.15, 0.2) is 11.5 Å². The van der Waals surface area contributed by atoms with Crippen LogP contribution < -0.4 is 14.8 Å². The predicted molar refractivity (Wildman–Crippen MR) is 140 cm³/mol. The van der Waals surface area contributed by atoms with Crippen molar-refractivity contribution in [2.24, 2.45) is 0 Å². The fourth-order valence-electron chi connectivity index (χ4n) is 3.86. The highest BCUT2D eigenvalue weighted by molar-refractivity contribution is 5.92. The van der Waals surface area contributed by atoms with Crippen LogP contribution in [0.4, 0.5) is 23.7 Å². The third-order valence-corrected chi connectivity index (χ3v) is 6.05. The van der Waals surface area contributed by atoms with E-state index in [-0.39, 0.29) is 30.7 Å². The number of nitrogens with zero attached hydrogens (tertiary/aromatic N) is 2. The Bertz CT molecular complexity index is 1230. The van der Waals surface area contributed by atoms with Crippen molar-refractivity contribution in [2.45, 2.75) is 39.0 Å². The second-order valence-corrected chi connectivity index (χ2v) is 9.06. The average molecular weight is 548 g/mol. The number of carbonyl (C=O) groups is 2. The second-order valence-electron chi connectivity index (χ2n) is 9.06. The van der Waals surface area contributed by atoms with Crippen molar-refractivity contribution in [3.63, 3.8) is 0 Å². The standard InChI is InChI=1S/C28H32F3N3O5/c1-19(2)34(27(36)32-22-10-8-21(9-11-22)28(29,30)31)18-26(35)33(17-23-6-5-15-39-23)14-13-20-7-12-24(37-3)25(16-20)38-4/h5-12,15-16,19H,13-14,17-18H2,1-4H3,(H,32,36). The summed E-state index contributed by atoms with van der Waals surface area (Å²) in [6, 6.07) is 12.2. The van der Waals surface area contributed by atoms with Crippen LogP contribution in [0.15, 0.2) is 65.3 Å². The predicted octanol–water partition coefficient (Wildman–Crippen LogP) is 5.83. The zero-order valence-electron chi connectivity index (χ0n) is 22.2. The van der Waals surface area contributed by atoms with E-state index in [0.29, 0.717) is 30.2 Å². The highest BCUT2D eigenvalue weighted by atomic mass is 19.4. The van der Waals surface area contributed by atoms with Gasteiger partial charge >= 0.3 is 12.2 Å². The van der Waals surface area contributed by atoms with Gasteiger partial charge in [-0.1, -0.05) is 6.07 Å². The molecule has 210 valence electrons. The molecule has 0 bridgehead atoms. The smallest absolute Gasteiger partial charge is 0.416 e. The molecule has 0 saturated heterocycles. The maximum absolute atomic E-state index is 13.4. The van der Waals surface area contributed by atoms with Gasteiger partial charge in [-0.15, -0.1) is 0 Å². The molecule has 0 unspecified atom stereocenters. The number of methoxy groups -OCH3 is 2. The zero-order chi connectivity index (χ0) is 28.6. The summed E-state index contributed by atoms with van der Waals surface area (Å²) in [7, 11) is 3.10. The van der Waals surface area contributed by atoms with Crippen LogP contribution in [-0.2, 0) is 23.9 Å². The first kappa shape index (κ1) is 29.4. The Morgan fingerprint density at radius 2 is 1.69 bits per heavy atom. The minimum atomic E-state index is -4.48. The number of benzene rings is 2. The first-order chi connectivity index (χ1) is 18.5. The summed E-state index contributed by atoms with van der Waals surface area (Å²) in [5.41, 5.74) is 0.289. The lowest BCUT2D eigenvalue weighted by molar-refractivity contribution is -0.137. The number of nitrogens with one attached hydrogen (secondary N) is 1. The fourth-order valence-corrected chi connectivity index (χ4v) is 3.86. The topological polar surface area (TPSA) is 84.2 Å². The van der Waals surface area contributed by atoms with Gasteiger partial charge in [-0.3, -0.25) is 4.79 Å². The summed E-state index contributed by atoms with van der Waals surface area (Å²) in [6.07, 6.45) is -2.45. The number of hydrogen-bond donors (Lipinski definition) is 1. The van der Waals surface area contributed by atoms with Gasteiger partial charge in [0.05, 0.1) is 32.6 Å². The number of amides is 3. The van der Waals surface area contributed by atoms with E-state index in [1.807, 2.05) is 12.1 Å². The molecule has 8 nitrogen and oxygen atoms in total. The van der Waals surface area contributed by atoms with Crippen LogP contribution in [-0.4, -0.2) is 55.1 Å². The number of rotatable bonds is 11. The molecule has 2 aromatic carbocycles. The Morgan fingerprint density at radius 3 is 2.26 bits per heavy atom. The molecule has 0 aliphatic carbocycles. The second kappa shape index (κ2) is 13.1. The number of hydrogen-bond acceptors (Lipinski definition) is 5. The fraction of sp³-hybridized carbons (Fsp3) is 0.357. The normalized spacial score (nSPS) is 11.3. The van der Waals surface area contributed by atoms with Gasteiger partial charge in [0.2, 0.25) is 5.91 Å². The van der Waals surface area contributed by atoms with E-state index in [4.69, 9.17) is 13.9 Å². The average Bonchev–Trinajstić information content (AvgIpc) is 3.42. The summed E-state index contributed by atoms with van der Waals surface area (Å²) in [6.45, 7) is 3.80. The van der Waals surface area contributed by atoms with Gasteiger partial charge in [-0.2, -0.15) is 13.2 Å². The molecular formula is C28H32F3N3O5. The summed E-state index contributed by atoms with van der Waals surface area (Å²) in [5, 5.41) is 2.58. The molecule has 3 aromatic rings. The van der Waals surface area contributed by atoms with Crippen LogP contribution in [0.3, 0.4) is 0 Å². The Morgan fingerprint density at radius 1 is 1.00 bits per heavy atom.